The van der Waals surface area contributed by atoms with E-state index in [1.807, 2.05) is 0 Å². The van der Waals surface area contributed by atoms with Gasteiger partial charge in [0.15, 0.2) is 0 Å². The first kappa shape index (κ1) is 12.0. The van der Waals surface area contributed by atoms with Crippen LogP contribution in [0.2, 0.25) is 0 Å². The van der Waals surface area contributed by atoms with Crippen molar-refractivity contribution in [2.75, 3.05) is 23.4 Å². The molecule has 2 aromatic rings. The van der Waals surface area contributed by atoms with E-state index in [2.05, 4.69) is 20.6 Å². The van der Waals surface area contributed by atoms with Crippen molar-refractivity contribution < 1.29 is 8.78 Å². The Morgan fingerprint density at radius 3 is 2.33 bits per heavy atom. The van der Waals surface area contributed by atoms with Crippen LogP contribution in [-0.2, 0) is 0 Å². The fourth-order valence-corrected chi connectivity index (χ4v) is 1.40. The van der Waals surface area contributed by atoms with Crippen molar-refractivity contribution in [2.24, 2.45) is 0 Å². The van der Waals surface area contributed by atoms with Crippen LogP contribution >= 0.6 is 0 Å². The molecule has 94 valence electrons. The van der Waals surface area contributed by atoms with Gasteiger partial charge in [-0.15, -0.1) is 0 Å². The summed E-state index contributed by atoms with van der Waals surface area (Å²) in [5.41, 5.74) is 5.20. The maximum absolute atomic E-state index is 13.4. The van der Waals surface area contributed by atoms with Gasteiger partial charge in [0.05, 0.1) is 0 Å². The van der Waals surface area contributed by atoms with E-state index in [4.69, 9.17) is 5.73 Å². The number of hydrogen-bond acceptors (Lipinski definition) is 5. The molecule has 1 heterocycles. The maximum Gasteiger partial charge on any atom is 0.223 e. The van der Waals surface area contributed by atoms with Gasteiger partial charge in [0.1, 0.15) is 29.0 Å². The topological polar surface area (TPSA) is 75.9 Å². The maximum atomic E-state index is 13.4. The lowest BCUT2D eigenvalue weighted by molar-refractivity contribution is 0.590. The van der Waals surface area contributed by atoms with Gasteiger partial charge in [-0.2, -0.15) is 9.97 Å². The van der Waals surface area contributed by atoms with Crippen LogP contribution in [0.4, 0.5) is 32.1 Å². The van der Waals surface area contributed by atoms with Crippen LogP contribution < -0.4 is 16.4 Å². The zero-order valence-electron chi connectivity index (χ0n) is 9.54. The van der Waals surface area contributed by atoms with E-state index in [9.17, 15) is 8.78 Å². The van der Waals surface area contributed by atoms with Crippen LogP contribution in [0, 0.1) is 11.6 Å². The van der Waals surface area contributed by atoms with E-state index in [1.165, 1.54) is 12.1 Å². The standard InChI is InChI=1S/C11H11F2N5/c1-15-8-5-9(18-11(14)17-8)16-10-6(12)3-2-4-7(10)13/h2-5H,1H3,(H4,14,15,16,17,18). The summed E-state index contributed by atoms with van der Waals surface area (Å²) in [6.45, 7) is 0. The highest BCUT2D eigenvalue weighted by Gasteiger charge is 2.10. The van der Waals surface area contributed by atoms with Gasteiger partial charge in [-0.25, -0.2) is 8.78 Å². The smallest absolute Gasteiger partial charge is 0.223 e. The van der Waals surface area contributed by atoms with E-state index in [-0.39, 0.29) is 17.5 Å². The summed E-state index contributed by atoms with van der Waals surface area (Å²) in [6, 6.07) is 5.06. The molecule has 0 aliphatic rings. The number of nitrogens with one attached hydrogen (secondary N) is 2. The fourth-order valence-electron chi connectivity index (χ4n) is 1.40. The zero-order chi connectivity index (χ0) is 13.1. The molecule has 0 radical (unpaired) electrons. The molecule has 0 spiro atoms. The molecule has 4 N–H and O–H groups in total. The molecular weight excluding hydrogens is 240 g/mol. The molecular formula is C11H11F2N5. The van der Waals surface area contributed by atoms with E-state index in [1.54, 1.807) is 7.05 Å². The van der Waals surface area contributed by atoms with Crippen LogP contribution in [0.1, 0.15) is 0 Å². The molecule has 0 bridgehead atoms. The molecule has 0 saturated carbocycles. The van der Waals surface area contributed by atoms with Crippen molar-refractivity contribution in [1.82, 2.24) is 9.97 Å². The van der Waals surface area contributed by atoms with Gasteiger partial charge in [-0.05, 0) is 12.1 Å². The molecule has 0 atom stereocenters. The van der Waals surface area contributed by atoms with Crippen molar-refractivity contribution in [1.29, 1.82) is 0 Å². The molecule has 0 aliphatic carbocycles. The van der Waals surface area contributed by atoms with Crippen molar-refractivity contribution in [3.05, 3.63) is 35.9 Å². The number of para-hydroxylation sites is 1. The second-order valence-electron chi connectivity index (χ2n) is 3.47. The highest BCUT2D eigenvalue weighted by molar-refractivity contribution is 5.61. The first-order chi connectivity index (χ1) is 8.60. The van der Waals surface area contributed by atoms with Gasteiger partial charge in [0.2, 0.25) is 5.95 Å². The number of benzene rings is 1. The largest absolute Gasteiger partial charge is 0.373 e. The first-order valence-corrected chi connectivity index (χ1v) is 5.13. The lowest BCUT2D eigenvalue weighted by atomic mass is 10.3. The molecule has 18 heavy (non-hydrogen) atoms. The van der Waals surface area contributed by atoms with E-state index < -0.39 is 11.6 Å². The number of rotatable bonds is 3. The lowest BCUT2D eigenvalue weighted by Gasteiger charge is -2.09. The number of anilines is 4. The van der Waals surface area contributed by atoms with Gasteiger partial charge in [-0.3, -0.25) is 0 Å². The van der Waals surface area contributed by atoms with E-state index in [0.29, 0.717) is 5.82 Å². The van der Waals surface area contributed by atoms with Crippen molar-refractivity contribution >= 4 is 23.3 Å². The van der Waals surface area contributed by atoms with Gasteiger partial charge in [0.25, 0.3) is 0 Å². The number of nitrogens with two attached hydrogens (primary N) is 1. The lowest BCUT2D eigenvalue weighted by Crippen LogP contribution is -2.05. The minimum Gasteiger partial charge on any atom is -0.373 e. The fraction of sp³-hybridized carbons (Fsp3) is 0.0909. The number of halogens is 2. The number of nitrogens with zero attached hydrogens (tertiary/aromatic N) is 2. The molecule has 1 aromatic carbocycles. The summed E-state index contributed by atoms with van der Waals surface area (Å²) in [6.07, 6.45) is 0. The molecule has 0 fully saturated rings. The van der Waals surface area contributed by atoms with Crippen molar-refractivity contribution in [3.8, 4) is 0 Å². The second kappa shape index (κ2) is 4.82. The van der Waals surface area contributed by atoms with E-state index in [0.717, 1.165) is 12.1 Å². The highest BCUT2D eigenvalue weighted by Crippen LogP contribution is 2.23. The van der Waals surface area contributed by atoms with Crippen LogP contribution in [0.3, 0.4) is 0 Å². The molecule has 1 aromatic heterocycles. The van der Waals surface area contributed by atoms with Crippen LogP contribution in [0.15, 0.2) is 24.3 Å². The quantitative estimate of drug-likeness (QED) is 0.779. The Morgan fingerprint density at radius 2 is 1.72 bits per heavy atom. The Balaban J connectivity index is 2.37. The van der Waals surface area contributed by atoms with Crippen LogP contribution in [-0.4, -0.2) is 17.0 Å². The van der Waals surface area contributed by atoms with Gasteiger partial charge >= 0.3 is 0 Å². The Labute approximate surface area is 102 Å². The minimum absolute atomic E-state index is 0.00102. The van der Waals surface area contributed by atoms with E-state index >= 15 is 0 Å². The SMILES string of the molecule is CNc1cc(Nc2c(F)cccc2F)nc(N)n1. The summed E-state index contributed by atoms with van der Waals surface area (Å²) >= 11 is 0. The molecule has 0 unspecified atom stereocenters. The minimum atomic E-state index is -0.710. The number of hydrogen-bond donors (Lipinski definition) is 3. The van der Waals surface area contributed by atoms with Gasteiger partial charge in [0, 0.05) is 13.1 Å². The molecule has 0 amide bonds. The molecule has 7 heteroatoms. The Morgan fingerprint density at radius 1 is 1.11 bits per heavy atom. The predicted octanol–water partition coefficient (Wildman–Crippen LogP) is 2.12. The highest BCUT2D eigenvalue weighted by atomic mass is 19.1. The van der Waals surface area contributed by atoms with Gasteiger partial charge < -0.3 is 16.4 Å². The Kier molecular flexibility index (Phi) is 3.22. The van der Waals surface area contributed by atoms with Crippen LogP contribution in [0.25, 0.3) is 0 Å². The molecule has 5 nitrogen and oxygen atoms in total. The Bertz CT molecular complexity index is 553. The Hall–Kier alpha value is -2.44. The summed E-state index contributed by atoms with van der Waals surface area (Å²) < 4.78 is 26.9. The summed E-state index contributed by atoms with van der Waals surface area (Å²) in [5, 5.41) is 5.30. The second-order valence-corrected chi connectivity index (χ2v) is 3.47. The molecule has 0 saturated heterocycles. The first-order valence-electron chi connectivity index (χ1n) is 5.13. The number of nitrogen functional groups attached to an aromatic ring is 1. The molecule has 2 rings (SSSR count). The number of aromatic nitrogens is 2. The van der Waals surface area contributed by atoms with Crippen LogP contribution in [0.5, 0.6) is 0 Å². The summed E-state index contributed by atoms with van der Waals surface area (Å²) in [5.74, 6) is -0.768. The van der Waals surface area contributed by atoms with Gasteiger partial charge in [-0.1, -0.05) is 6.07 Å². The third kappa shape index (κ3) is 2.45. The van der Waals surface area contributed by atoms with Crippen molar-refractivity contribution in [2.45, 2.75) is 0 Å². The average molecular weight is 251 g/mol. The summed E-state index contributed by atoms with van der Waals surface area (Å²) in [7, 11) is 1.65. The van der Waals surface area contributed by atoms with Crippen molar-refractivity contribution in [3.63, 3.8) is 0 Å². The third-order valence-electron chi connectivity index (χ3n) is 2.22. The predicted molar refractivity (Wildman–Crippen MR) is 65.6 cm³/mol. The normalized spacial score (nSPS) is 10.2. The zero-order valence-corrected chi connectivity index (χ0v) is 9.54. The monoisotopic (exact) mass is 251 g/mol. The average Bonchev–Trinajstić information content (AvgIpc) is 2.33. The molecule has 0 aliphatic heterocycles. The summed E-state index contributed by atoms with van der Waals surface area (Å²) in [4.78, 5) is 7.71. The third-order valence-corrected chi connectivity index (χ3v) is 2.22.